The summed E-state index contributed by atoms with van der Waals surface area (Å²) in [6.45, 7) is 1.67. The van der Waals surface area contributed by atoms with Crippen LogP contribution < -0.4 is 4.74 Å². The van der Waals surface area contributed by atoms with E-state index in [0.29, 0.717) is 17.9 Å². The molecule has 0 aliphatic carbocycles. The van der Waals surface area contributed by atoms with Gasteiger partial charge in [0.05, 0.1) is 18.1 Å². The Labute approximate surface area is 112 Å². The van der Waals surface area contributed by atoms with E-state index in [-0.39, 0.29) is 24.7 Å². The van der Waals surface area contributed by atoms with Crippen LogP contribution in [0.5, 0.6) is 5.75 Å². The molecular formula is C14H16N2O3. The van der Waals surface area contributed by atoms with Gasteiger partial charge in [-0.25, -0.2) is 0 Å². The van der Waals surface area contributed by atoms with Crippen molar-refractivity contribution in [3.63, 3.8) is 0 Å². The average Bonchev–Trinajstić information content (AvgIpc) is 2.42. The van der Waals surface area contributed by atoms with Gasteiger partial charge in [0, 0.05) is 13.6 Å². The maximum Gasteiger partial charge on any atom is 0.260 e. The van der Waals surface area contributed by atoms with Gasteiger partial charge in [-0.3, -0.25) is 9.59 Å². The SMILES string of the molecule is CC(=O)c1ccccc1OCC(=O)N(C)CCC#N. The predicted molar refractivity (Wildman–Crippen MR) is 69.8 cm³/mol. The fourth-order valence-electron chi connectivity index (χ4n) is 1.48. The number of para-hydroxylation sites is 1. The standard InChI is InChI=1S/C14H16N2O3/c1-11(17)12-6-3-4-7-13(12)19-10-14(18)16(2)9-5-8-15/h3-4,6-7H,5,9-10H2,1-2H3. The maximum atomic E-state index is 11.7. The Bertz CT molecular complexity index is 506. The van der Waals surface area contributed by atoms with Crippen molar-refractivity contribution in [2.24, 2.45) is 0 Å². The maximum absolute atomic E-state index is 11.7. The molecule has 0 N–H and O–H groups in total. The third-order valence-corrected chi connectivity index (χ3v) is 2.60. The van der Waals surface area contributed by atoms with Gasteiger partial charge in [-0.15, -0.1) is 0 Å². The number of carbonyl (C=O) groups is 2. The van der Waals surface area contributed by atoms with E-state index >= 15 is 0 Å². The highest BCUT2D eigenvalue weighted by atomic mass is 16.5. The molecule has 5 heteroatoms. The van der Waals surface area contributed by atoms with Crippen LogP contribution in [0, 0.1) is 11.3 Å². The lowest BCUT2D eigenvalue weighted by Gasteiger charge is -2.16. The minimum atomic E-state index is -0.228. The van der Waals surface area contributed by atoms with E-state index in [2.05, 4.69) is 0 Å². The lowest BCUT2D eigenvalue weighted by Crippen LogP contribution is -2.32. The van der Waals surface area contributed by atoms with E-state index in [1.807, 2.05) is 6.07 Å². The normalized spacial score (nSPS) is 9.53. The number of hydrogen-bond acceptors (Lipinski definition) is 4. The molecule has 0 atom stereocenters. The van der Waals surface area contributed by atoms with Gasteiger partial charge in [-0.05, 0) is 19.1 Å². The van der Waals surface area contributed by atoms with Crippen LogP contribution >= 0.6 is 0 Å². The highest BCUT2D eigenvalue weighted by molar-refractivity contribution is 5.96. The quantitative estimate of drug-likeness (QED) is 0.729. The van der Waals surface area contributed by atoms with Gasteiger partial charge in [0.1, 0.15) is 5.75 Å². The summed E-state index contributed by atoms with van der Waals surface area (Å²) in [6, 6.07) is 8.76. The molecule has 0 heterocycles. The van der Waals surface area contributed by atoms with Crippen LogP contribution in [0.1, 0.15) is 23.7 Å². The Morgan fingerprint density at radius 2 is 2.05 bits per heavy atom. The zero-order valence-electron chi connectivity index (χ0n) is 11.0. The molecule has 0 spiro atoms. The van der Waals surface area contributed by atoms with Crippen LogP contribution in [-0.4, -0.2) is 36.8 Å². The smallest absolute Gasteiger partial charge is 0.260 e. The average molecular weight is 260 g/mol. The van der Waals surface area contributed by atoms with Crippen LogP contribution in [0.3, 0.4) is 0 Å². The van der Waals surface area contributed by atoms with Gasteiger partial charge in [0.15, 0.2) is 12.4 Å². The summed E-state index contributed by atoms with van der Waals surface area (Å²) in [7, 11) is 1.61. The second kappa shape index (κ2) is 7.17. The summed E-state index contributed by atoms with van der Waals surface area (Å²) in [4.78, 5) is 24.5. The van der Waals surface area contributed by atoms with E-state index in [1.165, 1.54) is 11.8 Å². The number of benzene rings is 1. The lowest BCUT2D eigenvalue weighted by molar-refractivity contribution is -0.132. The Balaban J connectivity index is 2.60. The number of hydrogen-bond donors (Lipinski definition) is 0. The summed E-state index contributed by atoms with van der Waals surface area (Å²) in [5.41, 5.74) is 0.454. The van der Waals surface area contributed by atoms with Crippen LogP contribution in [0.4, 0.5) is 0 Å². The molecule has 0 radical (unpaired) electrons. The summed E-state index contributed by atoms with van der Waals surface area (Å²) in [5.74, 6) is 0.0616. The van der Waals surface area contributed by atoms with Crippen LogP contribution in [0.15, 0.2) is 24.3 Å². The summed E-state index contributed by atoms with van der Waals surface area (Å²) in [6.07, 6.45) is 0.284. The second-order valence-corrected chi connectivity index (χ2v) is 4.06. The van der Waals surface area contributed by atoms with E-state index in [4.69, 9.17) is 10.00 Å². The van der Waals surface area contributed by atoms with Crippen molar-refractivity contribution < 1.29 is 14.3 Å². The molecule has 0 unspecified atom stereocenters. The first-order chi connectivity index (χ1) is 9.06. The zero-order chi connectivity index (χ0) is 14.3. The number of ketones is 1. The Hall–Kier alpha value is -2.35. The lowest BCUT2D eigenvalue weighted by atomic mass is 10.1. The highest BCUT2D eigenvalue weighted by Gasteiger charge is 2.12. The summed E-state index contributed by atoms with van der Waals surface area (Å²) in [5, 5.41) is 8.45. The number of likely N-dealkylation sites (N-methyl/N-ethyl adjacent to an activating group) is 1. The number of ether oxygens (including phenoxy) is 1. The molecule has 0 aromatic heterocycles. The number of rotatable bonds is 6. The van der Waals surface area contributed by atoms with Crippen molar-refractivity contribution in [2.75, 3.05) is 20.2 Å². The van der Waals surface area contributed by atoms with Crippen molar-refractivity contribution in [2.45, 2.75) is 13.3 Å². The Kier molecular flexibility index (Phi) is 5.55. The highest BCUT2D eigenvalue weighted by Crippen LogP contribution is 2.18. The molecule has 1 aromatic carbocycles. The molecule has 0 bridgehead atoms. The number of Topliss-reactive ketones (excluding diaryl/α,β-unsaturated/α-hetero) is 1. The monoisotopic (exact) mass is 260 g/mol. The molecule has 1 rings (SSSR count). The third-order valence-electron chi connectivity index (χ3n) is 2.60. The van der Waals surface area contributed by atoms with Gasteiger partial charge in [0.25, 0.3) is 5.91 Å². The number of nitriles is 1. The largest absolute Gasteiger partial charge is 0.483 e. The van der Waals surface area contributed by atoms with Gasteiger partial charge < -0.3 is 9.64 Å². The molecular weight excluding hydrogens is 244 g/mol. The first-order valence-electron chi connectivity index (χ1n) is 5.90. The molecule has 1 aromatic rings. The van der Waals surface area contributed by atoms with E-state index in [0.717, 1.165) is 0 Å². The Morgan fingerprint density at radius 3 is 2.68 bits per heavy atom. The fraction of sp³-hybridized carbons (Fsp3) is 0.357. The van der Waals surface area contributed by atoms with Crippen molar-refractivity contribution in [1.82, 2.24) is 4.90 Å². The molecule has 0 aliphatic heterocycles. The first-order valence-corrected chi connectivity index (χ1v) is 5.90. The number of nitrogens with zero attached hydrogens (tertiary/aromatic N) is 2. The summed E-state index contributed by atoms with van der Waals surface area (Å²) >= 11 is 0. The van der Waals surface area contributed by atoms with Gasteiger partial charge in [-0.2, -0.15) is 5.26 Å². The van der Waals surface area contributed by atoms with E-state index in [1.54, 1.807) is 31.3 Å². The zero-order valence-corrected chi connectivity index (χ0v) is 11.0. The molecule has 0 saturated carbocycles. The van der Waals surface area contributed by atoms with Gasteiger partial charge in [0.2, 0.25) is 0 Å². The molecule has 0 aliphatic rings. The molecule has 0 fully saturated rings. The van der Waals surface area contributed by atoms with Crippen molar-refractivity contribution >= 4 is 11.7 Å². The molecule has 5 nitrogen and oxygen atoms in total. The van der Waals surface area contributed by atoms with Gasteiger partial charge in [-0.1, -0.05) is 12.1 Å². The van der Waals surface area contributed by atoms with Gasteiger partial charge >= 0.3 is 0 Å². The van der Waals surface area contributed by atoms with E-state index in [9.17, 15) is 9.59 Å². The first kappa shape index (κ1) is 14.7. The molecule has 100 valence electrons. The molecule has 0 saturated heterocycles. The minimum absolute atomic E-state index is 0.110. The van der Waals surface area contributed by atoms with Crippen LogP contribution in [-0.2, 0) is 4.79 Å². The molecule has 1 amide bonds. The number of amides is 1. The number of carbonyl (C=O) groups excluding carboxylic acids is 2. The Morgan fingerprint density at radius 1 is 1.37 bits per heavy atom. The van der Waals surface area contributed by atoms with Crippen LogP contribution in [0.2, 0.25) is 0 Å². The predicted octanol–water partition coefficient (Wildman–Crippen LogP) is 1.64. The van der Waals surface area contributed by atoms with Crippen molar-refractivity contribution in [1.29, 1.82) is 5.26 Å². The summed E-state index contributed by atoms with van der Waals surface area (Å²) < 4.78 is 5.37. The van der Waals surface area contributed by atoms with E-state index < -0.39 is 0 Å². The topological polar surface area (TPSA) is 70.4 Å². The molecule has 19 heavy (non-hydrogen) atoms. The third kappa shape index (κ3) is 4.43. The second-order valence-electron chi connectivity index (χ2n) is 4.06. The van der Waals surface area contributed by atoms with Crippen molar-refractivity contribution in [3.8, 4) is 11.8 Å². The minimum Gasteiger partial charge on any atom is -0.483 e. The fourth-order valence-corrected chi connectivity index (χ4v) is 1.48. The van der Waals surface area contributed by atoms with Crippen LogP contribution in [0.25, 0.3) is 0 Å². The van der Waals surface area contributed by atoms with Crippen molar-refractivity contribution in [3.05, 3.63) is 29.8 Å².